The average Bonchev–Trinajstić information content (AvgIpc) is 3.64. The number of halogens is 4. The highest BCUT2D eigenvalue weighted by Crippen LogP contribution is 2.31. The van der Waals surface area contributed by atoms with E-state index in [1.165, 1.54) is 5.06 Å². The van der Waals surface area contributed by atoms with Crippen molar-refractivity contribution in [3.8, 4) is 16.9 Å². The monoisotopic (exact) mass is 1170 g/mol. The summed E-state index contributed by atoms with van der Waals surface area (Å²) in [6.45, 7) is 14.7. The minimum Gasteiger partial charge on any atom is -0.420 e. The number of aliphatic imine (C=N–C) groups is 1. The van der Waals surface area contributed by atoms with Gasteiger partial charge in [0.1, 0.15) is 5.84 Å². The number of carbonyl (C=O) groups excluding carboxylic acids is 3. The number of carbonyl (C=O) groups is 3. The molecule has 1 fully saturated rings. The van der Waals surface area contributed by atoms with Crippen LogP contribution in [-0.4, -0.2) is 204 Å². The predicted octanol–water partition coefficient (Wildman–Crippen LogP) is 4.83. The van der Waals surface area contributed by atoms with Gasteiger partial charge in [-0.3, -0.25) is 29.2 Å². The summed E-state index contributed by atoms with van der Waals surface area (Å²) in [6.07, 6.45) is 7.86. The van der Waals surface area contributed by atoms with Crippen LogP contribution >= 0.6 is 12.6 Å². The van der Waals surface area contributed by atoms with E-state index in [0.29, 0.717) is 161 Å². The molecular weight excluding hydrogens is 1090 g/mol. The highest BCUT2D eigenvalue weighted by atomic mass is 32.1. The lowest BCUT2D eigenvalue weighted by molar-refractivity contribution is -0.180. The number of benzene rings is 1. The fourth-order valence-electron chi connectivity index (χ4n) is 6.94. The van der Waals surface area contributed by atoms with E-state index in [4.69, 9.17) is 57.9 Å². The molecule has 2 aliphatic rings. The molecule has 0 atom stereocenters. The maximum atomic E-state index is 13.5. The van der Waals surface area contributed by atoms with Gasteiger partial charge in [0.15, 0.2) is 11.6 Å². The summed E-state index contributed by atoms with van der Waals surface area (Å²) in [5, 5.41) is 7.45. The summed E-state index contributed by atoms with van der Waals surface area (Å²) in [7, 11) is 0. The maximum Gasteiger partial charge on any atom is 0.313 e. The van der Waals surface area contributed by atoms with Crippen molar-refractivity contribution in [2.45, 2.75) is 44.4 Å². The number of hydrogen-bond donors (Lipinski definition) is 4. The smallest absolute Gasteiger partial charge is 0.313 e. The summed E-state index contributed by atoms with van der Waals surface area (Å²) >= 11 is 4.33. The summed E-state index contributed by atoms with van der Waals surface area (Å²) in [4.78, 5) is 55.6. The molecule has 3 aromatic rings. The molecule has 452 valence electrons. The molecule has 1 aromatic carbocycles. The Hall–Kier alpha value is -5.27. The van der Waals surface area contributed by atoms with E-state index in [1.807, 2.05) is 26.0 Å². The molecule has 2 aromatic heterocycles. The van der Waals surface area contributed by atoms with E-state index < -0.39 is 41.4 Å². The van der Waals surface area contributed by atoms with E-state index in [1.54, 1.807) is 24.7 Å². The van der Waals surface area contributed by atoms with E-state index in [-0.39, 0.29) is 44.1 Å². The number of nitrogens with zero attached hydrogens (tertiary/aromatic N) is 4. The Morgan fingerprint density at radius 1 is 0.667 bits per heavy atom. The van der Waals surface area contributed by atoms with E-state index >= 15 is 0 Å². The molecule has 27 heteroatoms. The minimum atomic E-state index is -1.80. The average molecular weight is 1170 g/mol. The molecule has 0 bridgehead atoms. The van der Waals surface area contributed by atoms with Crippen LogP contribution in [0.4, 0.5) is 23.2 Å². The van der Waals surface area contributed by atoms with Crippen molar-refractivity contribution in [1.82, 2.24) is 25.7 Å². The SMILES string of the molecule is CCCN(OCC)C(=O)C1=Cc2ncc(-c3cncc(S)c3)cc2N=C(N)C1.O=C(CCOCCOCCOCCOCCOCCOCCOCCOCCOCCOCCC(=O)Oc1c(F)c(F)cc(F)c1F)NCC1CNC1. The Morgan fingerprint density at radius 2 is 1.15 bits per heavy atom. The van der Waals surface area contributed by atoms with Gasteiger partial charge in [-0.25, -0.2) is 18.8 Å². The maximum absolute atomic E-state index is 13.5. The van der Waals surface area contributed by atoms with Gasteiger partial charge in [0.25, 0.3) is 5.91 Å². The number of thiol groups is 1. The third-order valence-corrected chi connectivity index (χ3v) is 11.4. The summed E-state index contributed by atoms with van der Waals surface area (Å²) in [5.74, 6) is -8.80. The second kappa shape index (κ2) is 41.7. The topological polar surface area (TPSA) is 253 Å². The van der Waals surface area contributed by atoms with Crippen LogP contribution in [-0.2, 0) is 66.6 Å². The lowest BCUT2D eigenvalue weighted by Gasteiger charge is -2.27. The third-order valence-electron chi connectivity index (χ3n) is 11.1. The molecule has 5 rings (SSSR count). The number of hydrogen-bond acceptors (Lipinski definition) is 21. The first-order valence-electron chi connectivity index (χ1n) is 26.8. The number of ether oxygens (including phenoxy) is 11. The molecule has 0 saturated carbocycles. The van der Waals surface area contributed by atoms with Crippen LogP contribution in [0, 0.1) is 29.2 Å². The van der Waals surface area contributed by atoms with Crippen molar-refractivity contribution in [2.75, 3.05) is 165 Å². The van der Waals surface area contributed by atoms with Crippen molar-refractivity contribution >= 4 is 48.0 Å². The number of amides is 2. The Kier molecular flexibility index (Phi) is 35.1. The number of amidine groups is 1. The zero-order valence-electron chi connectivity index (χ0n) is 46.1. The third kappa shape index (κ3) is 28.5. The lowest BCUT2D eigenvalue weighted by Crippen LogP contribution is -2.48. The van der Waals surface area contributed by atoms with Crippen LogP contribution in [0.3, 0.4) is 0 Å². The van der Waals surface area contributed by atoms with Gasteiger partial charge in [-0.2, -0.15) is 8.78 Å². The number of esters is 1. The first kappa shape index (κ1) is 68.2. The van der Waals surface area contributed by atoms with Gasteiger partial charge in [-0.05, 0) is 31.6 Å². The van der Waals surface area contributed by atoms with Gasteiger partial charge in [0.2, 0.25) is 23.3 Å². The minimum absolute atomic E-state index is 0.0109. The molecule has 0 radical (unpaired) electrons. The first-order valence-corrected chi connectivity index (χ1v) is 27.3. The van der Waals surface area contributed by atoms with E-state index in [0.717, 1.165) is 42.1 Å². The fourth-order valence-corrected chi connectivity index (χ4v) is 7.15. The van der Waals surface area contributed by atoms with Crippen molar-refractivity contribution in [1.29, 1.82) is 0 Å². The van der Waals surface area contributed by atoms with Crippen LogP contribution < -0.4 is 21.1 Å². The molecule has 0 unspecified atom stereocenters. The summed E-state index contributed by atoms with van der Waals surface area (Å²) in [6, 6.07) is 3.80. The largest absolute Gasteiger partial charge is 0.420 e. The molecule has 81 heavy (non-hydrogen) atoms. The number of aromatic nitrogens is 2. The molecular formula is C54H77F4N7O15S. The quantitative estimate of drug-likeness (QED) is 0.0113. The highest BCUT2D eigenvalue weighted by Gasteiger charge is 2.24. The van der Waals surface area contributed by atoms with Crippen molar-refractivity contribution in [3.63, 3.8) is 0 Å². The zero-order chi connectivity index (χ0) is 58.3. The Balaban J connectivity index is 0.000000419. The van der Waals surface area contributed by atoms with Crippen LogP contribution in [0.1, 0.15) is 45.2 Å². The number of rotatable bonds is 42. The van der Waals surface area contributed by atoms with Crippen molar-refractivity contribution in [3.05, 3.63) is 71.3 Å². The van der Waals surface area contributed by atoms with Crippen LogP contribution in [0.15, 0.2) is 52.3 Å². The molecule has 2 aliphatic heterocycles. The van der Waals surface area contributed by atoms with Gasteiger partial charge in [0, 0.05) is 91.2 Å². The summed E-state index contributed by atoms with van der Waals surface area (Å²) < 4.78 is 112. The van der Waals surface area contributed by atoms with Crippen LogP contribution in [0.25, 0.3) is 17.2 Å². The van der Waals surface area contributed by atoms with E-state index in [9.17, 15) is 31.9 Å². The molecule has 0 spiro atoms. The number of nitrogens with two attached hydrogens (primary N) is 1. The van der Waals surface area contributed by atoms with Gasteiger partial charge < -0.3 is 68.5 Å². The van der Waals surface area contributed by atoms with E-state index in [2.05, 4.69) is 43.0 Å². The van der Waals surface area contributed by atoms with Gasteiger partial charge >= 0.3 is 5.97 Å². The van der Waals surface area contributed by atoms with Crippen LogP contribution in [0.5, 0.6) is 5.75 Å². The second-order valence-corrected chi connectivity index (χ2v) is 18.1. The molecule has 22 nitrogen and oxygen atoms in total. The van der Waals surface area contributed by atoms with Crippen molar-refractivity contribution < 1.29 is 88.9 Å². The molecule has 4 heterocycles. The lowest BCUT2D eigenvalue weighted by atomic mass is 10.0. The number of hydroxylamine groups is 2. The standard InChI is InChI=1S/C34H54F4N2O13.C20H23N5O2S/c35-28-23-29(36)33(38)34(32(28)37)53-31(42)2-4-44-6-8-46-10-12-48-14-16-50-18-20-52-22-21-51-19-17-49-15-13-47-11-9-45-7-5-43-3-1-30(41)40-26-27-24-39-25-27;1-3-5-25(27-4-2)20(26)13-7-17-18(24-19(21)9-13)8-15(11-23-17)14-6-16(28)12-22-10-14/h23,27,39H,1-22,24-26H2,(H,40,41);6-8,10-12,28H,3-5,9H2,1-2H3,(H2,21,24). The van der Waals surface area contributed by atoms with Gasteiger partial charge in [-0.1, -0.05) is 6.92 Å². The number of fused-ring (bicyclic) bond motifs is 1. The molecule has 2 amide bonds. The van der Waals surface area contributed by atoms with Gasteiger partial charge in [0.05, 0.1) is 157 Å². The fraction of sp³-hybridized carbons (Fsp3) is 0.593. The van der Waals surface area contributed by atoms with Crippen molar-refractivity contribution in [2.24, 2.45) is 16.6 Å². The zero-order valence-corrected chi connectivity index (χ0v) is 47.0. The summed E-state index contributed by atoms with van der Waals surface area (Å²) in [5.41, 5.74) is 9.52. The normalized spacial score (nSPS) is 13.1. The Morgan fingerprint density at radius 3 is 1.60 bits per heavy atom. The molecule has 0 aliphatic carbocycles. The van der Waals surface area contributed by atoms with Gasteiger partial charge in [-0.15, -0.1) is 12.6 Å². The van der Waals surface area contributed by atoms with Crippen LogP contribution in [0.2, 0.25) is 0 Å². The Bertz CT molecular complexity index is 2350. The Labute approximate surface area is 475 Å². The first-order chi connectivity index (χ1) is 39.4. The molecule has 4 N–H and O–H groups in total. The highest BCUT2D eigenvalue weighted by molar-refractivity contribution is 7.80. The second-order valence-electron chi connectivity index (χ2n) is 17.6. The predicted molar refractivity (Wildman–Crippen MR) is 291 cm³/mol. The number of pyridine rings is 2. The number of nitrogens with one attached hydrogen (secondary N) is 2. The molecule has 1 saturated heterocycles.